The minimum Gasteiger partial charge on any atom is -0.388 e. The summed E-state index contributed by atoms with van der Waals surface area (Å²) in [5, 5.41) is 19.8. The van der Waals surface area contributed by atoms with Crippen molar-refractivity contribution in [3.8, 4) is 6.07 Å². The second kappa shape index (κ2) is 9.11. The van der Waals surface area contributed by atoms with E-state index in [9.17, 15) is 15.2 Å². The first-order valence-corrected chi connectivity index (χ1v) is 10.1. The standard InChI is InChI=1S/C22H27N5O6/c1-19(2,29)12-31-22(17-7-5-6-15(8-17)9-23,21(24)13-30-20(3,4)32-21)33-27-18(28)16-10-25-14-26-11-16/h5-8,10-11,14,29H,12-13,24H2,1-4H3,(H,27,28)/t21-,22?/m1/s1. The van der Waals surface area contributed by atoms with Gasteiger partial charge in [0.1, 0.15) is 6.33 Å². The van der Waals surface area contributed by atoms with Crippen molar-refractivity contribution >= 4 is 5.91 Å². The fourth-order valence-corrected chi connectivity index (χ4v) is 3.23. The lowest BCUT2D eigenvalue weighted by Crippen LogP contribution is -2.66. The molecule has 11 heteroatoms. The summed E-state index contributed by atoms with van der Waals surface area (Å²) < 4.78 is 17.8. The van der Waals surface area contributed by atoms with Crippen LogP contribution in [0.15, 0.2) is 43.0 Å². The maximum Gasteiger partial charge on any atom is 0.278 e. The van der Waals surface area contributed by atoms with Crippen molar-refractivity contribution in [3.63, 3.8) is 0 Å². The Hall–Kier alpha value is -2.98. The Morgan fingerprint density at radius 3 is 2.64 bits per heavy atom. The molecule has 1 aliphatic rings. The number of rotatable bonds is 8. The van der Waals surface area contributed by atoms with Gasteiger partial charge in [0, 0.05) is 18.0 Å². The van der Waals surface area contributed by atoms with E-state index in [1.54, 1.807) is 32.0 Å². The van der Waals surface area contributed by atoms with Crippen molar-refractivity contribution in [1.29, 1.82) is 5.26 Å². The minimum absolute atomic E-state index is 0.120. The molecule has 1 saturated heterocycles. The molecule has 2 atom stereocenters. The van der Waals surface area contributed by atoms with Gasteiger partial charge in [-0.05, 0) is 39.8 Å². The van der Waals surface area contributed by atoms with Crippen molar-refractivity contribution in [2.24, 2.45) is 5.73 Å². The van der Waals surface area contributed by atoms with Crippen LogP contribution in [0.1, 0.15) is 49.2 Å². The Balaban J connectivity index is 2.09. The largest absolute Gasteiger partial charge is 0.388 e. The van der Waals surface area contributed by atoms with Crippen molar-refractivity contribution in [1.82, 2.24) is 15.4 Å². The second-order valence-electron chi connectivity index (χ2n) is 8.75. The van der Waals surface area contributed by atoms with E-state index < -0.39 is 28.8 Å². The number of aliphatic hydroxyl groups is 1. The fraction of sp³-hybridized carbons (Fsp3) is 0.455. The third-order valence-electron chi connectivity index (χ3n) is 4.73. The number of nitrogens with zero attached hydrogens (tertiary/aromatic N) is 3. The monoisotopic (exact) mass is 457 g/mol. The molecule has 0 bridgehead atoms. The van der Waals surface area contributed by atoms with Gasteiger partial charge in [-0.1, -0.05) is 12.1 Å². The first-order chi connectivity index (χ1) is 15.4. The Morgan fingerprint density at radius 2 is 2.06 bits per heavy atom. The highest BCUT2D eigenvalue weighted by Crippen LogP contribution is 2.44. The quantitative estimate of drug-likeness (QED) is 0.386. The molecule has 11 nitrogen and oxygen atoms in total. The molecule has 0 saturated carbocycles. The number of hydrogen-bond donors (Lipinski definition) is 3. The number of nitrogens with one attached hydrogen (secondary N) is 1. The molecule has 1 aromatic heterocycles. The molecule has 176 valence electrons. The van der Waals surface area contributed by atoms with Crippen molar-refractivity contribution in [2.45, 2.75) is 50.6 Å². The summed E-state index contributed by atoms with van der Waals surface area (Å²) in [7, 11) is 0. The number of amides is 1. The first-order valence-electron chi connectivity index (χ1n) is 10.1. The molecule has 0 aliphatic carbocycles. The van der Waals surface area contributed by atoms with Gasteiger partial charge in [-0.3, -0.25) is 10.5 Å². The van der Waals surface area contributed by atoms with Gasteiger partial charge >= 0.3 is 0 Å². The molecule has 0 spiro atoms. The molecule has 1 fully saturated rings. The summed E-state index contributed by atoms with van der Waals surface area (Å²) in [6.07, 6.45) is 3.89. The Bertz CT molecular complexity index is 1040. The van der Waals surface area contributed by atoms with Gasteiger partial charge in [0.25, 0.3) is 11.7 Å². The molecule has 2 heterocycles. The van der Waals surface area contributed by atoms with Crippen molar-refractivity contribution in [3.05, 3.63) is 59.7 Å². The Morgan fingerprint density at radius 1 is 1.36 bits per heavy atom. The zero-order valence-electron chi connectivity index (χ0n) is 18.9. The molecular formula is C22H27N5O6. The molecule has 1 aromatic carbocycles. The summed E-state index contributed by atoms with van der Waals surface area (Å²) in [6, 6.07) is 8.33. The van der Waals surface area contributed by atoms with E-state index in [0.717, 1.165) is 0 Å². The number of nitriles is 1. The topological polar surface area (TPSA) is 162 Å². The number of aromatic nitrogens is 2. The van der Waals surface area contributed by atoms with Gasteiger partial charge in [0.05, 0.1) is 36.0 Å². The van der Waals surface area contributed by atoms with E-state index in [-0.39, 0.29) is 29.9 Å². The Kier molecular flexibility index (Phi) is 6.80. The molecule has 4 N–H and O–H groups in total. The lowest BCUT2D eigenvalue weighted by molar-refractivity contribution is -0.362. The highest BCUT2D eigenvalue weighted by Gasteiger charge is 2.62. The SMILES string of the molecule is CC(C)(O)COC(ONC(=O)c1cncnc1)(c1cccc(C#N)c1)[C@@]1(N)COC(C)(C)O1. The van der Waals surface area contributed by atoms with Crippen LogP contribution in [-0.4, -0.2) is 51.3 Å². The average Bonchev–Trinajstić information content (AvgIpc) is 3.07. The van der Waals surface area contributed by atoms with Crippen LogP contribution in [0.3, 0.4) is 0 Å². The number of hydroxylamine groups is 1. The van der Waals surface area contributed by atoms with Crippen LogP contribution in [0, 0.1) is 11.3 Å². The van der Waals surface area contributed by atoms with E-state index in [1.165, 1.54) is 38.6 Å². The molecule has 1 unspecified atom stereocenters. The number of nitrogens with two attached hydrogens (primary N) is 1. The first kappa shape index (κ1) is 24.7. The smallest absolute Gasteiger partial charge is 0.278 e. The van der Waals surface area contributed by atoms with Crippen LogP contribution in [0.5, 0.6) is 0 Å². The lowest BCUT2D eigenvalue weighted by Gasteiger charge is -2.44. The van der Waals surface area contributed by atoms with Gasteiger partial charge in [-0.25, -0.2) is 20.3 Å². The third kappa shape index (κ3) is 5.51. The Labute approximate surface area is 191 Å². The van der Waals surface area contributed by atoms with Gasteiger partial charge in [0.2, 0.25) is 5.72 Å². The summed E-state index contributed by atoms with van der Waals surface area (Å²) in [6.45, 7) is 5.93. The predicted molar refractivity (Wildman–Crippen MR) is 114 cm³/mol. The highest BCUT2D eigenvalue weighted by atomic mass is 16.8. The zero-order chi connectivity index (χ0) is 24.3. The van der Waals surface area contributed by atoms with Crippen LogP contribution in [0.2, 0.25) is 0 Å². The van der Waals surface area contributed by atoms with E-state index in [0.29, 0.717) is 0 Å². The van der Waals surface area contributed by atoms with Crippen molar-refractivity contribution in [2.75, 3.05) is 13.2 Å². The van der Waals surface area contributed by atoms with E-state index in [4.69, 9.17) is 24.8 Å². The van der Waals surface area contributed by atoms with E-state index >= 15 is 0 Å². The zero-order valence-corrected chi connectivity index (χ0v) is 18.9. The molecule has 1 amide bonds. The molecule has 2 aromatic rings. The molecule has 3 rings (SSSR count). The van der Waals surface area contributed by atoms with Crippen molar-refractivity contribution < 1.29 is 28.9 Å². The van der Waals surface area contributed by atoms with Crippen LogP contribution < -0.4 is 11.2 Å². The lowest BCUT2D eigenvalue weighted by atomic mass is 9.93. The average molecular weight is 457 g/mol. The number of hydrogen-bond acceptors (Lipinski definition) is 10. The number of benzene rings is 1. The number of carbonyl (C=O) groups is 1. The number of carbonyl (C=O) groups excluding carboxylic acids is 1. The molecule has 0 radical (unpaired) electrons. The number of ether oxygens (including phenoxy) is 3. The predicted octanol–water partition coefficient (Wildman–Crippen LogP) is 1.09. The summed E-state index contributed by atoms with van der Waals surface area (Å²) in [4.78, 5) is 26.2. The maximum absolute atomic E-state index is 12.7. The summed E-state index contributed by atoms with van der Waals surface area (Å²) in [5.41, 5.74) is 6.55. The second-order valence-corrected chi connectivity index (χ2v) is 8.75. The molecule has 1 aliphatic heterocycles. The molecular weight excluding hydrogens is 430 g/mol. The third-order valence-corrected chi connectivity index (χ3v) is 4.73. The van der Waals surface area contributed by atoms with Gasteiger partial charge in [-0.2, -0.15) is 5.26 Å². The van der Waals surface area contributed by atoms with Crippen LogP contribution in [-0.2, 0) is 24.8 Å². The van der Waals surface area contributed by atoms with Crippen LogP contribution >= 0.6 is 0 Å². The normalized spacial score (nSPS) is 21.7. The maximum atomic E-state index is 12.7. The summed E-state index contributed by atoms with van der Waals surface area (Å²) in [5.74, 6) is -3.81. The minimum atomic E-state index is -2.03. The molecule has 33 heavy (non-hydrogen) atoms. The summed E-state index contributed by atoms with van der Waals surface area (Å²) >= 11 is 0. The van der Waals surface area contributed by atoms with Gasteiger partial charge in [-0.15, -0.1) is 0 Å². The van der Waals surface area contributed by atoms with Gasteiger partial charge < -0.3 is 19.3 Å². The fourth-order valence-electron chi connectivity index (χ4n) is 3.23. The van der Waals surface area contributed by atoms with E-state index in [2.05, 4.69) is 15.4 Å². The van der Waals surface area contributed by atoms with E-state index in [1.807, 2.05) is 6.07 Å². The van der Waals surface area contributed by atoms with Crippen LogP contribution in [0.25, 0.3) is 0 Å². The highest BCUT2D eigenvalue weighted by molar-refractivity contribution is 5.92. The van der Waals surface area contributed by atoms with Gasteiger partial charge in [0.15, 0.2) is 5.79 Å². The van der Waals surface area contributed by atoms with Crippen LogP contribution in [0.4, 0.5) is 0 Å².